The van der Waals surface area contributed by atoms with Crippen LogP contribution < -0.4 is 4.74 Å². The predicted molar refractivity (Wildman–Crippen MR) is 74.3 cm³/mol. The zero-order valence-corrected chi connectivity index (χ0v) is 11.5. The summed E-state index contributed by atoms with van der Waals surface area (Å²) in [6, 6.07) is 6.44. The first-order chi connectivity index (χ1) is 8.54. The first-order valence-corrected chi connectivity index (χ1v) is 6.39. The number of fused-ring (bicyclic) bond motifs is 1. The molecule has 1 aromatic heterocycles. The van der Waals surface area contributed by atoms with Crippen molar-refractivity contribution in [2.45, 2.75) is 39.3 Å². The molecule has 1 atom stereocenters. The number of hydrogen-bond acceptors (Lipinski definition) is 2. The Kier molecular flexibility index (Phi) is 3.62. The molecule has 0 spiro atoms. The van der Waals surface area contributed by atoms with E-state index in [9.17, 15) is 5.11 Å². The second kappa shape index (κ2) is 5.02. The zero-order chi connectivity index (χ0) is 13.3. The SMILES string of the molecule is COc1cccc2c(CC(C)O)cn(C(C)C)c12. The van der Waals surface area contributed by atoms with Crippen molar-refractivity contribution in [2.24, 2.45) is 0 Å². The van der Waals surface area contributed by atoms with Crippen molar-refractivity contribution in [1.82, 2.24) is 4.57 Å². The van der Waals surface area contributed by atoms with Crippen LogP contribution in [0.3, 0.4) is 0 Å². The molecule has 0 amide bonds. The third-order valence-corrected chi connectivity index (χ3v) is 3.19. The van der Waals surface area contributed by atoms with Gasteiger partial charge in [-0.25, -0.2) is 0 Å². The zero-order valence-electron chi connectivity index (χ0n) is 11.5. The molecule has 2 rings (SSSR count). The van der Waals surface area contributed by atoms with E-state index >= 15 is 0 Å². The molecule has 0 saturated heterocycles. The van der Waals surface area contributed by atoms with Crippen LogP contribution in [0.5, 0.6) is 5.75 Å². The Labute approximate surface area is 108 Å². The highest BCUT2D eigenvalue weighted by molar-refractivity contribution is 5.89. The van der Waals surface area contributed by atoms with E-state index in [2.05, 4.69) is 30.7 Å². The summed E-state index contributed by atoms with van der Waals surface area (Å²) in [5.74, 6) is 0.887. The number of nitrogens with zero attached hydrogens (tertiary/aromatic N) is 1. The maximum atomic E-state index is 9.60. The van der Waals surface area contributed by atoms with E-state index in [0.717, 1.165) is 11.3 Å². The van der Waals surface area contributed by atoms with E-state index in [0.29, 0.717) is 12.5 Å². The van der Waals surface area contributed by atoms with Crippen molar-refractivity contribution in [3.63, 3.8) is 0 Å². The minimum atomic E-state index is -0.331. The number of aliphatic hydroxyl groups excluding tert-OH is 1. The van der Waals surface area contributed by atoms with Gasteiger partial charge in [0.05, 0.1) is 18.7 Å². The van der Waals surface area contributed by atoms with E-state index < -0.39 is 0 Å². The summed E-state index contributed by atoms with van der Waals surface area (Å²) in [7, 11) is 1.70. The van der Waals surface area contributed by atoms with Crippen LogP contribution in [0, 0.1) is 0 Å². The molecule has 3 nitrogen and oxygen atoms in total. The fourth-order valence-corrected chi connectivity index (χ4v) is 2.40. The van der Waals surface area contributed by atoms with Crippen molar-refractivity contribution >= 4 is 10.9 Å². The lowest BCUT2D eigenvalue weighted by Gasteiger charge is -2.11. The van der Waals surface area contributed by atoms with Crippen LogP contribution in [-0.4, -0.2) is 22.9 Å². The predicted octanol–water partition coefficient (Wildman–Crippen LogP) is 3.15. The highest BCUT2D eigenvalue weighted by atomic mass is 16.5. The molecular formula is C15H21NO2. The lowest BCUT2D eigenvalue weighted by Crippen LogP contribution is -2.03. The Morgan fingerprint density at radius 2 is 2.00 bits per heavy atom. The van der Waals surface area contributed by atoms with E-state index in [1.54, 1.807) is 7.11 Å². The van der Waals surface area contributed by atoms with Gasteiger partial charge in [-0.2, -0.15) is 0 Å². The summed E-state index contributed by atoms with van der Waals surface area (Å²) < 4.78 is 7.67. The lowest BCUT2D eigenvalue weighted by molar-refractivity contribution is 0.196. The van der Waals surface area contributed by atoms with Gasteiger partial charge in [0.15, 0.2) is 0 Å². The summed E-state index contributed by atoms with van der Waals surface area (Å²) in [4.78, 5) is 0. The van der Waals surface area contributed by atoms with Crippen LogP contribution in [-0.2, 0) is 6.42 Å². The average molecular weight is 247 g/mol. The second-order valence-electron chi connectivity index (χ2n) is 5.06. The van der Waals surface area contributed by atoms with Gasteiger partial charge in [-0.15, -0.1) is 0 Å². The van der Waals surface area contributed by atoms with Crippen molar-refractivity contribution in [1.29, 1.82) is 0 Å². The maximum Gasteiger partial charge on any atom is 0.143 e. The van der Waals surface area contributed by atoms with Crippen LogP contribution in [0.15, 0.2) is 24.4 Å². The lowest BCUT2D eigenvalue weighted by atomic mass is 10.1. The van der Waals surface area contributed by atoms with Gasteiger partial charge in [0.1, 0.15) is 5.75 Å². The van der Waals surface area contributed by atoms with Gasteiger partial charge in [-0.05, 0) is 32.4 Å². The van der Waals surface area contributed by atoms with Crippen molar-refractivity contribution in [2.75, 3.05) is 7.11 Å². The van der Waals surface area contributed by atoms with Gasteiger partial charge in [0, 0.05) is 24.0 Å². The minimum absolute atomic E-state index is 0.331. The molecule has 0 radical (unpaired) electrons. The Balaban J connectivity index is 2.68. The van der Waals surface area contributed by atoms with Crippen LogP contribution in [0.2, 0.25) is 0 Å². The molecule has 0 aliphatic heterocycles. The molecular weight excluding hydrogens is 226 g/mol. The molecule has 3 heteroatoms. The van der Waals surface area contributed by atoms with E-state index in [1.165, 1.54) is 10.9 Å². The normalized spacial score (nSPS) is 13.2. The van der Waals surface area contributed by atoms with Crippen LogP contribution in [0.4, 0.5) is 0 Å². The number of hydrogen-bond donors (Lipinski definition) is 1. The summed E-state index contributed by atoms with van der Waals surface area (Å²) in [5.41, 5.74) is 2.29. The Morgan fingerprint density at radius 3 is 2.56 bits per heavy atom. The van der Waals surface area contributed by atoms with Crippen molar-refractivity contribution in [3.8, 4) is 5.75 Å². The van der Waals surface area contributed by atoms with Crippen LogP contribution >= 0.6 is 0 Å². The number of methoxy groups -OCH3 is 1. The quantitative estimate of drug-likeness (QED) is 0.900. The molecule has 1 heterocycles. The molecule has 98 valence electrons. The van der Waals surface area contributed by atoms with E-state index in [4.69, 9.17) is 4.74 Å². The van der Waals surface area contributed by atoms with Gasteiger partial charge in [0.25, 0.3) is 0 Å². The average Bonchev–Trinajstić information content (AvgIpc) is 2.67. The highest BCUT2D eigenvalue weighted by Gasteiger charge is 2.15. The van der Waals surface area contributed by atoms with Crippen LogP contribution in [0.25, 0.3) is 10.9 Å². The molecule has 1 N–H and O–H groups in total. The van der Waals surface area contributed by atoms with E-state index in [1.807, 2.05) is 19.1 Å². The molecule has 0 aliphatic carbocycles. The van der Waals surface area contributed by atoms with Crippen molar-refractivity contribution in [3.05, 3.63) is 30.0 Å². The molecule has 0 aliphatic rings. The monoisotopic (exact) mass is 247 g/mol. The Morgan fingerprint density at radius 1 is 1.28 bits per heavy atom. The first kappa shape index (κ1) is 13.0. The summed E-state index contributed by atoms with van der Waals surface area (Å²) in [6.45, 7) is 6.12. The third kappa shape index (κ3) is 2.23. The Bertz CT molecular complexity index is 541. The molecule has 0 fully saturated rings. The molecule has 2 aromatic rings. The summed E-state index contributed by atoms with van der Waals surface area (Å²) in [5, 5.41) is 10.8. The summed E-state index contributed by atoms with van der Waals surface area (Å²) >= 11 is 0. The molecule has 0 saturated carbocycles. The fourth-order valence-electron chi connectivity index (χ4n) is 2.40. The van der Waals surface area contributed by atoms with E-state index in [-0.39, 0.29) is 6.10 Å². The number of ether oxygens (including phenoxy) is 1. The van der Waals surface area contributed by atoms with Crippen LogP contribution in [0.1, 0.15) is 32.4 Å². The maximum absolute atomic E-state index is 9.60. The van der Waals surface area contributed by atoms with Gasteiger partial charge in [-0.3, -0.25) is 0 Å². The number of aliphatic hydroxyl groups is 1. The van der Waals surface area contributed by atoms with Crippen molar-refractivity contribution < 1.29 is 9.84 Å². The second-order valence-corrected chi connectivity index (χ2v) is 5.06. The first-order valence-electron chi connectivity index (χ1n) is 6.39. The molecule has 18 heavy (non-hydrogen) atoms. The third-order valence-electron chi connectivity index (χ3n) is 3.19. The Hall–Kier alpha value is -1.48. The van der Waals surface area contributed by atoms with Gasteiger partial charge in [0.2, 0.25) is 0 Å². The fraction of sp³-hybridized carbons (Fsp3) is 0.467. The molecule has 1 aromatic carbocycles. The van der Waals surface area contributed by atoms with Gasteiger partial charge < -0.3 is 14.4 Å². The van der Waals surface area contributed by atoms with Gasteiger partial charge in [-0.1, -0.05) is 12.1 Å². The number of para-hydroxylation sites is 1. The number of rotatable bonds is 4. The number of aromatic nitrogens is 1. The minimum Gasteiger partial charge on any atom is -0.495 e. The van der Waals surface area contributed by atoms with Gasteiger partial charge >= 0.3 is 0 Å². The topological polar surface area (TPSA) is 34.4 Å². The summed E-state index contributed by atoms with van der Waals surface area (Å²) in [6.07, 6.45) is 2.47. The molecule has 0 bridgehead atoms. The largest absolute Gasteiger partial charge is 0.495 e. The standard InChI is InChI=1S/C15H21NO2/c1-10(2)16-9-12(8-11(3)17)13-6-5-7-14(18-4)15(13)16/h5-7,9-11,17H,8H2,1-4H3. The highest BCUT2D eigenvalue weighted by Crippen LogP contribution is 2.32. The number of benzene rings is 1. The molecule has 1 unspecified atom stereocenters. The smallest absolute Gasteiger partial charge is 0.143 e.